The highest BCUT2D eigenvalue weighted by Gasteiger charge is 2.29. The van der Waals surface area contributed by atoms with Gasteiger partial charge in [0.05, 0.1) is 16.3 Å². The van der Waals surface area contributed by atoms with Gasteiger partial charge in [0.1, 0.15) is 10.6 Å². The number of nitrogens with zero attached hydrogens (tertiary/aromatic N) is 1. The zero-order chi connectivity index (χ0) is 20.8. The van der Waals surface area contributed by atoms with Gasteiger partial charge in [-0.25, -0.2) is 8.42 Å². The molecule has 0 fully saturated rings. The first-order chi connectivity index (χ1) is 12.2. The Hall–Kier alpha value is -1.64. The Morgan fingerprint density at radius 2 is 1.56 bits per heavy atom. The second-order valence-electron chi connectivity index (χ2n) is 5.37. The minimum Gasteiger partial charge on any atom is -0.507 e. The monoisotopic (exact) mass is 459 g/mol. The number of phenolic OH excluding ortho intramolecular Hbond substituents is 1. The summed E-state index contributed by atoms with van der Waals surface area (Å²) in [6, 6.07) is 3.53. The van der Waals surface area contributed by atoms with Gasteiger partial charge in [-0.05, 0) is 18.2 Å². The number of alkyl halides is 1. The van der Waals surface area contributed by atoms with Crippen LogP contribution in [0.2, 0.25) is 0 Å². The van der Waals surface area contributed by atoms with E-state index in [4.69, 9.17) is 11.6 Å². The summed E-state index contributed by atoms with van der Waals surface area (Å²) in [6.07, 6.45) is 0. The van der Waals surface area contributed by atoms with Gasteiger partial charge in [0.25, 0.3) is 20.2 Å². The molecule has 0 aliphatic carbocycles. The van der Waals surface area contributed by atoms with Gasteiger partial charge in [-0.15, -0.1) is 11.6 Å². The third-order valence-electron chi connectivity index (χ3n) is 3.66. The average Bonchev–Trinajstić information content (AvgIpc) is 2.50. The molecule has 2 rings (SSSR count). The average molecular weight is 460 g/mol. The van der Waals surface area contributed by atoms with Gasteiger partial charge >= 0.3 is 0 Å². The molecule has 0 bridgehead atoms. The van der Waals surface area contributed by atoms with E-state index in [-0.39, 0.29) is 11.3 Å². The molecule has 0 saturated carbocycles. The number of hydrogen-bond donors (Lipinski definition) is 3. The third kappa shape index (κ3) is 4.28. The highest BCUT2D eigenvalue weighted by Crippen LogP contribution is 2.38. The summed E-state index contributed by atoms with van der Waals surface area (Å²) in [5.74, 6) is -1.53. The first kappa shape index (κ1) is 21.7. The molecule has 3 N–H and O–H groups in total. The van der Waals surface area contributed by atoms with Crippen LogP contribution in [-0.2, 0) is 30.3 Å². The lowest BCUT2D eigenvalue weighted by Crippen LogP contribution is -2.30. The smallest absolute Gasteiger partial charge is 0.297 e. The molecule has 14 heteroatoms. The predicted molar refractivity (Wildman–Crippen MR) is 98.2 cm³/mol. The van der Waals surface area contributed by atoms with Crippen molar-refractivity contribution in [2.24, 2.45) is 0 Å². The third-order valence-corrected chi connectivity index (χ3v) is 7.60. The molecule has 0 amide bonds. The minimum absolute atomic E-state index is 0.193. The van der Waals surface area contributed by atoms with Crippen LogP contribution in [-0.4, -0.2) is 58.1 Å². The van der Waals surface area contributed by atoms with Crippen LogP contribution in [0.4, 0.5) is 5.69 Å². The van der Waals surface area contributed by atoms with E-state index in [1.54, 1.807) is 0 Å². The highest BCUT2D eigenvalue weighted by atomic mass is 35.5. The summed E-state index contributed by atoms with van der Waals surface area (Å²) >= 11 is 5.43. The Kier molecular flexibility index (Phi) is 5.67. The van der Waals surface area contributed by atoms with Gasteiger partial charge in [0.2, 0.25) is 10.0 Å². The summed E-state index contributed by atoms with van der Waals surface area (Å²) in [4.78, 5) is -1.80. The number of fused-ring (bicyclic) bond motifs is 1. The van der Waals surface area contributed by atoms with Crippen LogP contribution in [0.5, 0.6) is 5.75 Å². The number of anilines is 1. The first-order valence-corrected chi connectivity index (χ1v) is 12.0. The van der Waals surface area contributed by atoms with E-state index in [1.165, 1.54) is 0 Å². The van der Waals surface area contributed by atoms with Gasteiger partial charge in [-0.2, -0.15) is 16.8 Å². The summed E-state index contributed by atoms with van der Waals surface area (Å²) in [7, 11) is -13.0. The molecule has 2 aromatic carbocycles. The molecule has 0 aromatic heterocycles. The van der Waals surface area contributed by atoms with Gasteiger partial charge < -0.3 is 5.11 Å². The topological polar surface area (TPSA) is 166 Å². The van der Waals surface area contributed by atoms with Gasteiger partial charge in [0, 0.05) is 29.8 Å². The maximum absolute atomic E-state index is 12.2. The number of phenols is 1. The van der Waals surface area contributed by atoms with Crippen molar-refractivity contribution in [2.75, 3.05) is 23.0 Å². The molecule has 2 aromatic rings. The zero-order valence-corrected chi connectivity index (χ0v) is 16.8. The maximum atomic E-state index is 12.2. The van der Waals surface area contributed by atoms with Gasteiger partial charge in [-0.3, -0.25) is 13.4 Å². The second-order valence-corrected chi connectivity index (χ2v) is 10.7. The van der Waals surface area contributed by atoms with Crippen LogP contribution in [0.15, 0.2) is 34.1 Å². The van der Waals surface area contributed by atoms with Crippen LogP contribution in [0.3, 0.4) is 0 Å². The number of aromatic hydroxyl groups is 1. The molecule has 10 nitrogen and oxygen atoms in total. The van der Waals surface area contributed by atoms with Crippen molar-refractivity contribution in [3.05, 3.63) is 24.3 Å². The SMILES string of the molecule is CN(c1ccc2c(O)cc(S(=O)(=O)O)cc2c1S(=O)(=O)O)S(=O)(=O)CCCl. The van der Waals surface area contributed by atoms with Gasteiger partial charge in [0.15, 0.2) is 0 Å². The Labute approximate surface area is 160 Å². The highest BCUT2D eigenvalue weighted by molar-refractivity contribution is 7.93. The van der Waals surface area contributed by atoms with E-state index in [0.717, 1.165) is 19.2 Å². The van der Waals surface area contributed by atoms with Crippen LogP contribution in [0.1, 0.15) is 0 Å². The Morgan fingerprint density at radius 3 is 2.04 bits per heavy atom. The summed E-state index contributed by atoms with van der Waals surface area (Å²) < 4.78 is 90.4. The zero-order valence-electron chi connectivity index (χ0n) is 13.6. The summed E-state index contributed by atoms with van der Waals surface area (Å²) in [5, 5.41) is 9.28. The Morgan fingerprint density at radius 1 is 0.963 bits per heavy atom. The molecular weight excluding hydrogens is 446 g/mol. The van der Waals surface area contributed by atoms with Crippen molar-refractivity contribution < 1.29 is 39.5 Å². The fourth-order valence-electron chi connectivity index (χ4n) is 2.40. The van der Waals surface area contributed by atoms with Crippen LogP contribution < -0.4 is 4.31 Å². The fraction of sp³-hybridized carbons (Fsp3) is 0.231. The van der Waals surface area contributed by atoms with Crippen molar-refractivity contribution in [3.63, 3.8) is 0 Å². The van der Waals surface area contributed by atoms with Crippen LogP contribution in [0.25, 0.3) is 10.8 Å². The van der Waals surface area contributed by atoms with E-state index in [1.807, 2.05) is 0 Å². The molecule has 0 radical (unpaired) electrons. The molecule has 0 aliphatic rings. The summed E-state index contributed by atoms with van der Waals surface area (Å²) in [6.45, 7) is 0. The molecule has 0 saturated heterocycles. The van der Waals surface area contributed by atoms with Gasteiger partial charge in [-0.1, -0.05) is 0 Å². The second kappa shape index (κ2) is 7.07. The van der Waals surface area contributed by atoms with E-state index in [9.17, 15) is 39.5 Å². The van der Waals surface area contributed by atoms with E-state index < -0.39 is 62.6 Å². The first-order valence-electron chi connectivity index (χ1n) is 6.97. The molecule has 0 unspecified atom stereocenters. The van der Waals surface area contributed by atoms with Crippen molar-refractivity contribution in [3.8, 4) is 5.75 Å². The minimum atomic E-state index is -5.09. The number of halogens is 1. The summed E-state index contributed by atoms with van der Waals surface area (Å²) in [5.41, 5.74) is -0.498. The normalized spacial score (nSPS) is 13.0. The number of benzene rings is 2. The maximum Gasteiger partial charge on any atom is 0.297 e. The molecule has 150 valence electrons. The van der Waals surface area contributed by atoms with Crippen molar-refractivity contribution in [1.82, 2.24) is 0 Å². The lowest BCUT2D eigenvalue weighted by Gasteiger charge is -2.22. The standard InChI is InChI=1S/C13H14ClNO9S3/c1-15(25(17,18)5-4-14)11-3-2-9-10(13(11)27(22,23)24)6-8(7-12(9)16)26(19,20)21/h2-3,6-7,16H,4-5H2,1H3,(H,19,20,21)(H,22,23,24). The van der Waals surface area contributed by atoms with E-state index >= 15 is 0 Å². The molecule has 0 spiro atoms. The quantitative estimate of drug-likeness (QED) is 0.422. The molecule has 27 heavy (non-hydrogen) atoms. The lowest BCUT2D eigenvalue weighted by atomic mass is 10.1. The number of hydrogen-bond acceptors (Lipinski definition) is 7. The fourth-order valence-corrected chi connectivity index (χ4v) is 5.41. The Bertz CT molecular complexity index is 1220. The molecule has 0 heterocycles. The predicted octanol–water partition coefficient (Wildman–Crippen LogP) is 1.04. The number of rotatable bonds is 6. The lowest BCUT2D eigenvalue weighted by molar-refractivity contribution is 0.470. The van der Waals surface area contributed by atoms with Crippen molar-refractivity contribution in [2.45, 2.75) is 9.79 Å². The Balaban J connectivity index is 3.01. The molecule has 0 atom stereocenters. The number of sulfonamides is 1. The van der Waals surface area contributed by atoms with Crippen LogP contribution >= 0.6 is 11.6 Å². The van der Waals surface area contributed by atoms with Crippen LogP contribution in [0, 0.1) is 0 Å². The largest absolute Gasteiger partial charge is 0.507 e. The van der Waals surface area contributed by atoms with Crippen molar-refractivity contribution >= 4 is 58.3 Å². The van der Waals surface area contributed by atoms with Crippen molar-refractivity contribution in [1.29, 1.82) is 0 Å². The van der Waals surface area contributed by atoms with E-state index in [0.29, 0.717) is 16.4 Å². The molecule has 0 aliphatic heterocycles. The molecular formula is C13H14ClNO9S3. The van der Waals surface area contributed by atoms with E-state index in [2.05, 4.69) is 0 Å².